The molecule has 3 nitrogen and oxygen atoms in total. The van der Waals surface area contributed by atoms with Crippen molar-refractivity contribution in [2.24, 2.45) is 0 Å². The van der Waals surface area contributed by atoms with Gasteiger partial charge in [0.15, 0.2) is 0 Å². The van der Waals surface area contributed by atoms with Gasteiger partial charge in [0.1, 0.15) is 0 Å². The van der Waals surface area contributed by atoms with E-state index < -0.39 is 0 Å². The quantitative estimate of drug-likeness (QED) is 0.850. The van der Waals surface area contributed by atoms with Crippen LogP contribution in [0.25, 0.3) is 0 Å². The minimum Gasteiger partial charge on any atom is -0.376 e. The second kappa shape index (κ2) is 6.72. The van der Waals surface area contributed by atoms with Gasteiger partial charge in [0.25, 0.3) is 0 Å². The van der Waals surface area contributed by atoms with Gasteiger partial charge in [-0.05, 0) is 43.9 Å². The predicted octanol–water partition coefficient (Wildman–Crippen LogP) is 2.69. The van der Waals surface area contributed by atoms with E-state index >= 15 is 0 Å². The van der Waals surface area contributed by atoms with Gasteiger partial charge in [-0.15, -0.1) is 0 Å². The smallest absolute Gasteiger partial charge is 0.0770 e. The molecule has 0 spiro atoms. The van der Waals surface area contributed by atoms with Crippen molar-refractivity contribution in [2.45, 2.75) is 44.8 Å². The van der Waals surface area contributed by atoms with Crippen LogP contribution in [0.3, 0.4) is 0 Å². The first-order valence-corrected chi connectivity index (χ1v) is 6.66. The van der Waals surface area contributed by atoms with E-state index in [2.05, 4.69) is 23.3 Å². The second-order valence-corrected chi connectivity index (χ2v) is 4.62. The fraction of sp³-hybridized carbons (Fsp3) is 0.643. The highest BCUT2D eigenvalue weighted by Crippen LogP contribution is 2.25. The third-order valence-corrected chi connectivity index (χ3v) is 3.24. The van der Waals surface area contributed by atoms with Gasteiger partial charge >= 0.3 is 0 Å². The van der Waals surface area contributed by atoms with Crippen LogP contribution in [-0.2, 0) is 4.74 Å². The zero-order chi connectivity index (χ0) is 11.9. The molecule has 0 amide bonds. The highest BCUT2D eigenvalue weighted by Gasteiger charge is 2.25. The van der Waals surface area contributed by atoms with E-state index in [-0.39, 0.29) is 0 Å². The lowest BCUT2D eigenvalue weighted by Gasteiger charge is -2.31. The molecule has 1 aromatic rings. The molecule has 1 aliphatic rings. The van der Waals surface area contributed by atoms with Crippen LogP contribution >= 0.6 is 0 Å². The molecule has 0 radical (unpaired) electrons. The van der Waals surface area contributed by atoms with Gasteiger partial charge in [0, 0.05) is 19.0 Å². The van der Waals surface area contributed by atoms with Gasteiger partial charge in [-0.1, -0.05) is 13.0 Å². The van der Waals surface area contributed by atoms with Crippen molar-refractivity contribution in [3.05, 3.63) is 30.1 Å². The topological polar surface area (TPSA) is 34.2 Å². The molecule has 1 aromatic heterocycles. The molecular weight excluding hydrogens is 212 g/mol. The normalized spacial score (nSPS) is 22.3. The molecule has 1 fully saturated rings. The lowest BCUT2D eigenvalue weighted by Crippen LogP contribution is -2.36. The molecule has 0 bridgehead atoms. The zero-order valence-corrected chi connectivity index (χ0v) is 10.6. The van der Waals surface area contributed by atoms with E-state index in [0.717, 1.165) is 26.0 Å². The Morgan fingerprint density at radius 3 is 3.12 bits per heavy atom. The van der Waals surface area contributed by atoms with Gasteiger partial charge in [0.05, 0.1) is 12.1 Å². The van der Waals surface area contributed by atoms with Gasteiger partial charge in [-0.3, -0.25) is 4.98 Å². The van der Waals surface area contributed by atoms with Crippen molar-refractivity contribution in [1.29, 1.82) is 0 Å². The molecule has 2 heterocycles. The molecule has 0 aliphatic carbocycles. The number of aromatic nitrogens is 1. The van der Waals surface area contributed by atoms with Crippen molar-refractivity contribution >= 4 is 0 Å². The molecule has 2 atom stereocenters. The van der Waals surface area contributed by atoms with Crippen LogP contribution in [0.15, 0.2) is 24.5 Å². The van der Waals surface area contributed by atoms with E-state index in [9.17, 15) is 0 Å². The Kier molecular flexibility index (Phi) is 4.95. The van der Waals surface area contributed by atoms with Crippen molar-refractivity contribution in [3.8, 4) is 0 Å². The molecular formula is C14H22N2O. The summed E-state index contributed by atoms with van der Waals surface area (Å²) >= 11 is 0. The first kappa shape index (κ1) is 12.5. The molecule has 3 heteroatoms. The molecule has 17 heavy (non-hydrogen) atoms. The van der Waals surface area contributed by atoms with E-state index in [1.807, 2.05) is 18.5 Å². The van der Waals surface area contributed by atoms with Crippen LogP contribution in [0.1, 0.15) is 44.2 Å². The van der Waals surface area contributed by atoms with Crippen LogP contribution in [0, 0.1) is 0 Å². The third-order valence-electron chi connectivity index (χ3n) is 3.24. The third kappa shape index (κ3) is 3.51. The summed E-state index contributed by atoms with van der Waals surface area (Å²) in [4.78, 5) is 4.21. The maximum atomic E-state index is 5.90. The Morgan fingerprint density at radius 1 is 1.53 bits per heavy atom. The number of hydrogen-bond donors (Lipinski definition) is 1. The summed E-state index contributed by atoms with van der Waals surface area (Å²) in [5.41, 5.74) is 1.24. The van der Waals surface area contributed by atoms with Gasteiger partial charge in [0.2, 0.25) is 0 Å². The predicted molar refractivity (Wildman–Crippen MR) is 68.9 cm³/mol. The fourth-order valence-corrected chi connectivity index (χ4v) is 2.35. The fourth-order valence-electron chi connectivity index (χ4n) is 2.35. The van der Waals surface area contributed by atoms with Crippen LogP contribution in [0.5, 0.6) is 0 Å². The number of pyridine rings is 1. The summed E-state index contributed by atoms with van der Waals surface area (Å²) in [5.74, 6) is 0. The SMILES string of the molecule is CCCNC(c1cccnc1)C1CCCCO1. The minimum absolute atomic E-state index is 0.295. The number of rotatable bonds is 5. The van der Waals surface area contributed by atoms with Gasteiger partial charge < -0.3 is 10.1 Å². The summed E-state index contributed by atoms with van der Waals surface area (Å²) in [7, 11) is 0. The number of hydrogen-bond acceptors (Lipinski definition) is 3. The van der Waals surface area contributed by atoms with Crippen molar-refractivity contribution in [2.75, 3.05) is 13.2 Å². The molecule has 1 aliphatic heterocycles. The van der Waals surface area contributed by atoms with E-state index in [1.54, 1.807) is 0 Å². The van der Waals surface area contributed by atoms with Crippen LogP contribution < -0.4 is 5.32 Å². The van der Waals surface area contributed by atoms with Crippen molar-refractivity contribution < 1.29 is 4.74 Å². The first-order chi connectivity index (χ1) is 8.42. The molecule has 0 aromatic carbocycles. The average Bonchev–Trinajstić information content (AvgIpc) is 2.42. The van der Waals surface area contributed by atoms with Gasteiger partial charge in [-0.25, -0.2) is 0 Å². The van der Waals surface area contributed by atoms with Gasteiger partial charge in [-0.2, -0.15) is 0 Å². The van der Waals surface area contributed by atoms with E-state index in [4.69, 9.17) is 4.74 Å². The number of ether oxygens (including phenoxy) is 1. The van der Waals surface area contributed by atoms with E-state index in [0.29, 0.717) is 12.1 Å². The van der Waals surface area contributed by atoms with E-state index in [1.165, 1.54) is 18.4 Å². The van der Waals surface area contributed by atoms with Crippen LogP contribution in [0.2, 0.25) is 0 Å². The standard InChI is InChI=1S/C14H22N2O/c1-2-8-16-14(12-6-5-9-15-11-12)13-7-3-4-10-17-13/h5-6,9,11,13-14,16H,2-4,7-8,10H2,1H3. The average molecular weight is 234 g/mol. The summed E-state index contributed by atoms with van der Waals surface area (Å²) in [6, 6.07) is 4.43. The monoisotopic (exact) mass is 234 g/mol. The van der Waals surface area contributed by atoms with Crippen LogP contribution in [0.4, 0.5) is 0 Å². The molecule has 2 rings (SSSR count). The Labute approximate surface area is 104 Å². The lowest BCUT2D eigenvalue weighted by atomic mass is 9.96. The number of nitrogens with one attached hydrogen (secondary N) is 1. The Bertz CT molecular complexity index is 309. The van der Waals surface area contributed by atoms with Crippen molar-refractivity contribution in [1.82, 2.24) is 10.3 Å². The lowest BCUT2D eigenvalue weighted by molar-refractivity contribution is -0.00822. The molecule has 1 N–H and O–H groups in total. The second-order valence-electron chi connectivity index (χ2n) is 4.62. The molecule has 2 unspecified atom stereocenters. The largest absolute Gasteiger partial charge is 0.376 e. The zero-order valence-electron chi connectivity index (χ0n) is 10.6. The summed E-state index contributed by atoms with van der Waals surface area (Å²) in [6.45, 7) is 4.11. The summed E-state index contributed by atoms with van der Waals surface area (Å²) in [5, 5.41) is 3.59. The maximum absolute atomic E-state index is 5.90. The first-order valence-electron chi connectivity index (χ1n) is 6.66. The Balaban J connectivity index is 2.06. The maximum Gasteiger partial charge on any atom is 0.0770 e. The van der Waals surface area contributed by atoms with Crippen molar-refractivity contribution in [3.63, 3.8) is 0 Å². The molecule has 0 saturated carbocycles. The minimum atomic E-state index is 0.295. The summed E-state index contributed by atoms with van der Waals surface area (Å²) < 4.78 is 5.90. The molecule has 94 valence electrons. The highest BCUT2D eigenvalue weighted by molar-refractivity contribution is 5.15. The molecule has 1 saturated heterocycles. The Morgan fingerprint density at radius 2 is 2.47 bits per heavy atom. The van der Waals surface area contributed by atoms with Crippen LogP contribution in [-0.4, -0.2) is 24.2 Å². The highest BCUT2D eigenvalue weighted by atomic mass is 16.5. The summed E-state index contributed by atoms with van der Waals surface area (Å²) in [6.07, 6.45) is 8.84. The number of nitrogens with zero attached hydrogens (tertiary/aromatic N) is 1. The Hall–Kier alpha value is -0.930.